The van der Waals surface area contributed by atoms with Crippen LogP contribution in [0.1, 0.15) is 49.2 Å². The molecule has 1 heterocycles. The van der Waals surface area contributed by atoms with E-state index in [1.807, 2.05) is 11.5 Å². The van der Waals surface area contributed by atoms with Crippen LogP contribution in [-0.4, -0.2) is 9.55 Å². The maximum absolute atomic E-state index is 11.8. The standard InChI is InChI=1S/C11H14N2O/c1-7-6-10(14)13(9-4-5-9)11(12-7)8-2-3-8/h6,8-9H,2-5H2,1H3. The van der Waals surface area contributed by atoms with Gasteiger partial charge in [-0.05, 0) is 32.6 Å². The number of hydrogen-bond acceptors (Lipinski definition) is 2. The van der Waals surface area contributed by atoms with E-state index in [0.29, 0.717) is 12.0 Å². The van der Waals surface area contributed by atoms with E-state index in [1.54, 1.807) is 6.07 Å². The number of aromatic nitrogens is 2. The van der Waals surface area contributed by atoms with Crippen LogP contribution >= 0.6 is 0 Å². The summed E-state index contributed by atoms with van der Waals surface area (Å²) in [6.07, 6.45) is 4.74. The first-order chi connectivity index (χ1) is 6.75. The van der Waals surface area contributed by atoms with Gasteiger partial charge in [0.15, 0.2) is 0 Å². The molecule has 14 heavy (non-hydrogen) atoms. The Balaban J connectivity index is 2.17. The van der Waals surface area contributed by atoms with Gasteiger partial charge >= 0.3 is 0 Å². The van der Waals surface area contributed by atoms with Gasteiger partial charge in [-0.15, -0.1) is 0 Å². The maximum Gasteiger partial charge on any atom is 0.253 e. The predicted octanol–water partition coefficient (Wildman–Crippen LogP) is 1.76. The molecular weight excluding hydrogens is 176 g/mol. The molecule has 1 aromatic rings. The third-order valence-corrected chi connectivity index (χ3v) is 2.96. The van der Waals surface area contributed by atoms with E-state index in [2.05, 4.69) is 4.98 Å². The average Bonchev–Trinajstić information content (AvgIpc) is 2.99. The van der Waals surface area contributed by atoms with Crippen molar-refractivity contribution in [2.45, 2.75) is 44.6 Å². The fourth-order valence-corrected chi connectivity index (χ4v) is 1.96. The van der Waals surface area contributed by atoms with Crippen LogP contribution in [0.15, 0.2) is 10.9 Å². The number of hydrogen-bond donors (Lipinski definition) is 0. The van der Waals surface area contributed by atoms with Crippen molar-refractivity contribution in [1.82, 2.24) is 9.55 Å². The van der Waals surface area contributed by atoms with Crippen LogP contribution in [0.25, 0.3) is 0 Å². The molecule has 0 saturated heterocycles. The smallest absolute Gasteiger partial charge is 0.253 e. The summed E-state index contributed by atoms with van der Waals surface area (Å²) in [6, 6.07) is 2.12. The lowest BCUT2D eigenvalue weighted by Gasteiger charge is -2.10. The van der Waals surface area contributed by atoms with Crippen molar-refractivity contribution in [2.24, 2.45) is 0 Å². The summed E-state index contributed by atoms with van der Waals surface area (Å²) in [5, 5.41) is 0. The van der Waals surface area contributed by atoms with E-state index in [0.717, 1.165) is 24.4 Å². The van der Waals surface area contributed by atoms with Gasteiger partial charge in [-0.3, -0.25) is 9.36 Å². The van der Waals surface area contributed by atoms with Gasteiger partial charge in [0.25, 0.3) is 5.56 Å². The molecule has 3 nitrogen and oxygen atoms in total. The molecule has 2 aliphatic rings. The van der Waals surface area contributed by atoms with Crippen LogP contribution in [0.2, 0.25) is 0 Å². The minimum Gasteiger partial charge on any atom is -0.293 e. The number of rotatable bonds is 2. The van der Waals surface area contributed by atoms with E-state index < -0.39 is 0 Å². The molecule has 2 saturated carbocycles. The van der Waals surface area contributed by atoms with E-state index in [1.165, 1.54) is 12.8 Å². The van der Waals surface area contributed by atoms with E-state index in [9.17, 15) is 4.79 Å². The summed E-state index contributed by atoms with van der Waals surface area (Å²) in [7, 11) is 0. The lowest BCUT2D eigenvalue weighted by Crippen LogP contribution is -2.23. The molecule has 0 aromatic carbocycles. The van der Waals surface area contributed by atoms with E-state index in [4.69, 9.17) is 0 Å². The molecule has 0 radical (unpaired) electrons. The molecule has 2 aliphatic carbocycles. The Morgan fingerprint density at radius 2 is 2.07 bits per heavy atom. The molecule has 0 aliphatic heterocycles. The normalized spacial score (nSPS) is 21.2. The Morgan fingerprint density at radius 1 is 1.36 bits per heavy atom. The zero-order valence-electron chi connectivity index (χ0n) is 8.36. The van der Waals surface area contributed by atoms with Gasteiger partial charge in [-0.25, -0.2) is 4.98 Å². The zero-order chi connectivity index (χ0) is 9.71. The third kappa shape index (κ3) is 1.27. The average molecular weight is 190 g/mol. The largest absolute Gasteiger partial charge is 0.293 e. The molecule has 0 bridgehead atoms. The second-order valence-electron chi connectivity index (χ2n) is 4.47. The topological polar surface area (TPSA) is 34.9 Å². The Labute approximate surface area is 82.8 Å². The molecule has 1 aromatic heterocycles. The van der Waals surface area contributed by atoms with Gasteiger partial charge in [0, 0.05) is 23.7 Å². The van der Waals surface area contributed by atoms with Crippen LogP contribution in [0.3, 0.4) is 0 Å². The van der Waals surface area contributed by atoms with Crippen molar-refractivity contribution in [1.29, 1.82) is 0 Å². The second kappa shape index (κ2) is 2.69. The summed E-state index contributed by atoms with van der Waals surface area (Å²) in [5.41, 5.74) is 1.02. The van der Waals surface area contributed by atoms with Gasteiger partial charge in [0.2, 0.25) is 0 Å². The van der Waals surface area contributed by atoms with Crippen LogP contribution in [0.5, 0.6) is 0 Å². The summed E-state index contributed by atoms with van der Waals surface area (Å²) in [4.78, 5) is 16.3. The molecule has 3 rings (SSSR count). The monoisotopic (exact) mass is 190 g/mol. The zero-order valence-corrected chi connectivity index (χ0v) is 8.36. The maximum atomic E-state index is 11.8. The molecule has 3 heteroatoms. The van der Waals surface area contributed by atoms with Gasteiger partial charge in [0.05, 0.1) is 0 Å². The van der Waals surface area contributed by atoms with Crippen molar-refractivity contribution in [3.63, 3.8) is 0 Å². The second-order valence-corrected chi connectivity index (χ2v) is 4.47. The van der Waals surface area contributed by atoms with Crippen LogP contribution in [-0.2, 0) is 0 Å². The van der Waals surface area contributed by atoms with E-state index >= 15 is 0 Å². The Bertz CT molecular complexity index is 427. The SMILES string of the molecule is Cc1cc(=O)n(C2CC2)c(C2CC2)n1. The first-order valence-electron chi connectivity index (χ1n) is 5.36. The van der Waals surface area contributed by atoms with Crippen LogP contribution in [0.4, 0.5) is 0 Å². The van der Waals surface area contributed by atoms with Crippen LogP contribution in [0, 0.1) is 6.92 Å². The highest BCUT2D eigenvalue weighted by Crippen LogP contribution is 2.42. The lowest BCUT2D eigenvalue weighted by atomic mass is 10.3. The summed E-state index contributed by atoms with van der Waals surface area (Å²) >= 11 is 0. The molecule has 0 amide bonds. The number of aryl methyl sites for hydroxylation is 1. The van der Waals surface area contributed by atoms with E-state index in [-0.39, 0.29) is 5.56 Å². The summed E-state index contributed by atoms with van der Waals surface area (Å²) in [6.45, 7) is 1.91. The molecular formula is C11H14N2O. The Kier molecular flexibility index (Phi) is 1.58. The molecule has 0 spiro atoms. The molecule has 74 valence electrons. The Hall–Kier alpha value is -1.12. The lowest BCUT2D eigenvalue weighted by molar-refractivity contribution is 0.627. The first-order valence-corrected chi connectivity index (χ1v) is 5.36. The minimum atomic E-state index is 0.155. The van der Waals surface area contributed by atoms with Crippen molar-refractivity contribution in [2.75, 3.05) is 0 Å². The van der Waals surface area contributed by atoms with Gasteiger partial charge in [0.1, 0.15) is 5.82 Å². The van der Waals surface area contributed by atoms with Gasteiger partial charge in [-0.2, -0.15) is 0 Å². The first kappa shape index (κ1) is 8.21. The predicted molar refractivity (Wildman–Crippen MR) is 53.5 cm³/mol. The van der Waals surface area contributed by atoms with Crippen molar-refractivity contribution >= 4 is 0 Å². The van der Waals surface area contributed by atoms with Gasteiger partial charge < -0.3 is 0 Å². The van der Waals surface area contributed by atoms with Crippen molar-refractivity contribution < 1.29 is 0 Å². The molecule has 0 atom stereocenters. The highest BCUT2D eigenvalue weighted by molar-refractivity contribution is 5.13. The molecule has 2 fully saturated rings. The highest BCUT2D eigenvalue weighted by atomic mass is 16.1. The van der Waals surface area contributed by atoms with Crippen molar-refractivity contribution in [3.05, 3.63) is 27.9 Å². The summed E-state index contributed by atoms with van der Waals surface area (Å²) in [5.74, 6) is 1.63. The summed E-state index contributed by atoms with van der Waals surface area (Å²) < 4.78 is 1.94. The molecule has 0 unspecified atom stereocenters. The fourth-order valence-electron chi connectivity index (χ4n) is 1.96. The van der Waals surface area contributed by atoms with Gasteiger partial charge in [-0.1, -0.05) is 0 Å². The van der Waals surface area contributed by atoms with Crippen molar-refractivity contribution in [3.8, 4) is 0 Å². The fraction of sp³-hybridized carbons (Fsp3) is 0.636. The third-order valence-electron chi connectivity index (χ3n) is 2.96. The Morgan fingerprint density at radius 3 is 2.64 bits per heavy atom. The minimum absolute atomic E-state index is 0.155. The quantitative estimate of drug-likeness (QED) is 0.712. The number of nitrogens with zero attached hydrogens (tertiary/aromatic N) is 2. The van der Waals surface area contributed by atoms with Crippen LogP contribution < -0.4 is 5.56 Å². The highest BCUT2D eigenvalue weighted by Gasteiger charge is 2.34. The molecule has 0 N–H and O–H groups in total.